The zero-order valence-electron chi connectivity index (χ0n) is 68.4. The molecule has 0 atom stereocenters. The molecule has 18 aromatic rings. The van der Waals surface area contributed by atoms with Crippen LogP contribution in [0.5, 0.6) is 28.7 Å². The first-order valence-corrected chi connectivity index (χ1v) is 41.5. The smallest absolute Gasteiger partial charge is 0.119 e. The number of fused-ring (bicyclic) bond motifs is 15. The average Bonchev–Trinajstić information content (AvgIpc) is 1.60. The third-order valence-electron chi connectivity index (χ3n) is 25.6. The Labute approximate surface area is 697 Å². The molecular formula is C108H87N5O5S. The molecule has 580 valence electrons. The van der Waals surface area contributed by atoms with Gasteiger partial charge in [0.25, 0.3) is 0 Å². The fourth-order valence-electron chi connectivity index (χ4n) is 19.5. The van der Waals surface area contributed by atoms with E-state index in [1.165, 1.54) is 66.8 Å². The lowest BCUT2D eigenvalue weighted by molar-refractivity contribution is 0.414. The molecule has 0 amide bonds. The summed E-state index contributed by atoms with van der Waals surface area (Å²) in [5.41, 5.74) is 32.6. The van der Waals surface area contributed by atoms with Crippen molar-refractivity contribution in [1.29, 1.82) is 0 Å². The van der Waals surface area contributed by atoms with E-state index in [4.69, 9.17) is 23.7 Å². The number of nitrogens with zero attached hydrogens (tertiary/aromatic N) is 5. The fraction of sp³-hybridized carbons (Fsp3) is 0.130. The molecule has 0 N–H and O–H groups in total. The third-order valence-corrected chi connectivity index (χ3v) is 26.9. The van der Waals surface area contributed by atoms with E-state index in [-0.39, 0.29) is 16.2 Å². The van der Waals surface area contributed by atoms with E-state index >= 15 is 0 Å². The second-order valence-electron chi connectivity index (χ2n) is 33.1. The highest BCUT2D eigenvalue weighted by Crippen LogP contribution is 2.57. The van der Waals surface area contributed by atoms with Crippen molar-refractivity contribution in [2.24, 2.45) is 0 Å². The second kappa shape index (κ2) is 27.9. The predicted octanol–water partition coefficient (Wildman–Crippen LogP) is 28.6. The number of anilines is 9. The molecule has 0 radical (unpaired) electrons. The zero-order chi connectivity index (χ0) is 80.9. The number of benzene rings is 15. The maximum Gasteiger partial charge on any atom is 0.119 e. The zero-order valence-corrected chi connectivity index (χ0v) is 69.2. The Bertz CT molecular complexity index is 7110. The van der Waals surface area contributed by atoms with Gasteiger partial charge in [-0.2, -0.15) is 0 Å². The van der Waals surface area contributed by atoms with Gasteiger partial charge < -0.3 is 47.5 Å². The molecule has 0 bridgehead atoms. The Morgan fingerprint density at radius 1 is 0.244 bits per heavy atom. The van der Waals surface area contributed by atoms with Crippen LogP contribution in [0, 0.1) is 0 Å². The number of thiophene rings is 1. The Morgan fingerprint density at radius 2 is 0.546 bits per heavy atom. The lowest BCUT2D eigenvalue weighted by atomic mass is 9.82. The summed E-state index contributed by atoms with van der Waals surface area (Å²) in [4.78, 5) is 9.48. The highest BCUT2D eigenvalue weighted by atomic mass is 32.1. The van der Waals surface area contributed by atoms with Gasteiger partial charge in [-0.1, -0.05) is 145 Å². The summed E-state index contributed by atoms with van der Waals surface area (Å²) < 4.78 is 34.0. The average molecular weight is 1570 g/mol. The van der Waals surface area contributed by atoms with Crippen molar-refractivity contribution in [1.82, 2.24) is 9.13 Å². The lowest BCUT2D eigenvalue weighted by Gasteiger charge is -2.28. The van der Waals surface area contributed by atoms with Crippen LogP contribution in [0.25, 0.3) is 109 Å². The molecule has 3 aliphatic carbocycles. The van der Waals surface area contributed by atoms with Crippen LogP contribution < -0.4 is 38.4 Å². The SMILES string of the molecule is COc1ccc(N(c2ccc3c(c2)C(C)(C)c2ccccc2-3)c2ccc3c(c2)c2cc(-c4cc(N(c5ccc(OC)cc5)c5ccc6c(c5)-c5ccccc5C6(C)C)c(-c5ccc6c(c5)c5cc(N(c7ccc(OC)cc7)c7ccc8c(c7)C(C)(C)c7ccccc7-8)ccc5n6-c5ccc(OC)cc5)s4)ccc2n3-c2ccc(OC)cc2)cc1. The summed E-state index contributed by atoms with van der Waals surface area (Å²) in [5.74, 6) is 3.94. The molecule has 3 aromatic heterocycles. The van der Waals surface area contributed by atoms with Gasteiger partial charge in [0.15, 0.2) is 0 Å². The van der Waals surface area contributed by atoms with E-state index < -0.39 is 0 Å². The van der Waals surface area contributed by atoms with Crippen molar-refractivity contribution in [2.75, 3.05) is 50.2 Å². The number of hydrogen-bond acceptors (Lipinski definition) is 9. The number of rotatable bonds is 18. The molecule has 11 heteroatoms. The second-order valence-corrected chi connectivity index (χ2v) is 34.1. The van der Waals surface area contributed by atoms with E-state index in [1.807, 2.05) is 11.3 Å². The van der Waals surface area contributed by atoms with Gasteiger partial charge in [0.05, 0.1) is 68.2 Å². The first-order valence-electron chi connectivity index (χ1n) is 40.7. The number of aromatic nitrogens is 2. The van der Waals surface area contributed by atoms with E-state index in [9.17, 15) is 0 Å². The van der Waals surface area contributed by atoms with E-state index in [1.54, 1.807) is 35.5 Å². The van der Waals surface area contributed by atoms with Gasteiger partial charge in [-0.15, -0.1) is 11.3 Å². The van der Waals surface area contributed by atoms with Crippen LogP contribution in [0.3, 0.4) is 0 Å². The summed E-state index contributed by atoms with van der Waals surface area (Å²) >= 11 is 1.82. The molecule has 3 aliphatic rings. The summed E-state index contributed by atoms with van der Waals surface area (Å²) in [5, 5.41) is 4.42. The molecule has 3 heterocycles. The molecule has 15 aromatic carbocycles. The van der Waals surface area contributed by atoms with Crippen molar-refractivity contribution >= 4 is 106 Å². The first kappa shape index (κ1) is 72.7. The number of methoxy groups -OCH3 is 5. The van der Waals surface area contributed by atoms with Crippen molar-refractivity contribution in [3.8, 4) is 94.4 Å². The van der Waals surface area contributed by atoms with E-state index in [0.717, 1.165) is 156 Å². The summed E-state index contributed by atoms with van der Waals surface area (Å²) in [6.07, 6.45) is 0. The van der Waals surface area contributed by atoms with Crippen LogP contribution in [0.1, 0.15) is 74.9 Å². The molecule has 10 nitrogen and oxygen atoms in total. The van der Waals surface area contributed by atoms with Gasteiger partial charge in [0, 0.05) is 99.5 Å². The number of hydrogen-bond donors (Lipinski definition) is 0. The predicted molar refractivity (Wildman–Crippen MR) is 493 cm³/mol. The highest BCUT2D eigenvalue weighted by molar-refractivity contribution is 7.19. The molecule has 0 spiro atoms. The summed E-state index contributed by atoms with van der Waals surface area (Å²) in [7, 11) is 8.64. The molecule has 119 heavy (non-hydrogen) atoms. The molecule has 21 rings (SSSR count). The van der Waals surface area contributed by atoms with Crippen LogP contribution >= 0.6 is 11.3 Å². The van der Waals surface area contributed by atoms with Crippen LogP contribution in [-0.4, -0.2) is 44.7 Å². The first-order chi connectivity index (χ1) is 58.0. The molecule has 0 fully saturated rings. The van der Waals surface area contributed by atoms with Crippen LogP contribution in [0.15, 0.2) is 328 Å². The van der Waals surface area contributed by atoms with Gasteiger partial charge in [0.1, 0.15) is 28.7 Å². The van der Waals surface area contributed by atoms with Crippen LogP contribution in [0.4, 0.5) is 51.2 Å². The minimum atomic E-state index is -0.223. The molecular weight excluding hydrogens is 1480 g/mol. The van der Waals surface area contributed by atoms with Crippen LogP contribution in [-0.2, 0) is 16.2 Å². The van der Waals surface area contributed by atoms with Gasteiger partial charge >= 0.3 is 0 Å². The van der Waals surface area contributed by atoms with Crippen molar-refractivity contribution < 1.29 is 23.7 Å². The Kier molecular flexibility index (Phi) is 17.0. The molecule has 0 saturated carbocycles. The molecule has 0 aliphatic heterocycles. The van der Waals surface area contributed by atoms with Crippen molar-refractivity contribution in [3.05, 3.63) is 361 Å². The monoisotopic (exact) mass is 1570 g/mol. The normalized spacial score (nSPS) is 13.5. The van der Waals surface area contributed by atoms with Crippen molar-refractivity contribution in [3.63, 3.8) is 0 Å². The maximum absolute atomic E-state index is 5.95. The minimum absolute atomic E-state index is 0.206. The minimum Gasteiger partial charge on any atom is -0.497 e. The van der Waals surface area contributed by atoms with Crippen molar-refractivity contribution in [2.45, 2.75) is 57.8 Å². The Morgan fingerprint density at radius 3 is 0.975 bits per heavy atom. The maximum atomic E-state index is 5.95. The summed E-state index contributed by atoms with van der Waals surface area (Å²) in [6, 6.07) is 121. The van der Waals surface area contributed by atoms with Gasteiger partial charge in [0.2, 0.25) is 0 Å². The van der Waals surface area contributed by atoms with Gasteiger partial charge in [-0.3, -0.25) is 0 Å². The number of ether oxygens (including phenoxy) is 5. The molecule has 0 saturated heterocycles. The Balaban J connectivity index is 0.796. The van der Waals surface area contributed by atoms with Gasteiger partial charge in [-0.25, -0.2) is 0 Å². The Hall–Kier alpha value is -14.0. The standard InChI is InChI=1S/C108H87N5O5S/c1-106(2)95-23-17-14-20-85(95)88-60-75(38-53-96(88)106)111(70-30-45-80(116-9)46-31-70)103-65-104(66-24-54-99-89(58-66)91-61-73(39-56-101(91)112(99)71-32-47-81(117-10)48-33-71)109(68-26-41-78(114-7)42-27-68)76-36-51-86-83-18-12-15-21-93(83)107(3,4)97(86)63-76)119-105(103)67-25-55-100-90(59-67)92-62-74(40-57-102(92)113(100)72-34-49-82(118-11)50-35-72)110(69-28-43-79(115-8)44-29-69)77-37-52-87-84-19-13-16-22-94(84)108(5,6)98(87)64-77/h12-65H,1-11H3. The third kappa shape index (κ3) is 11.6. The van der Waals surface area contributed by atoms with E-state index in [2.05, 4.69) is 393 Å². The van der Waals surface area contributed by atoms with Gasteiger partial charge in [-0.05, 0) is 302 Å². The largest absolute Gasteiger partial charge is 0.497 e. The highest BCUT2D eigenvalue weighted by Gasteiger charge is 2.40. The quantitative estimate of drug-likeness (QED) is 0.0842. The molecule has 0 unspecified atom stereocenters. The fourth-order valence-corrected chi connectivity index (χ4v) is 20.7. The van der Waals surface area contributed by atoms with E-state index in [0.29, 0.717) is 0 Å². The summed E-state index contributed by atoms with van der Waals surface area (Å²) in [6.45, 7) is 14.1. The topological polar surface area (TPSA) is 65.7 Å². The lowest BCUT2D eigenvalue weighted by Crippen LogP contribution is -2.16. The van der Waals surface area contributed by atoms with Crippen LogP contribution in [0.2, 0.25) is 0 Å².